The van der Waals surface area contributed by atoms with E-state index in [1.807, 2.05) is 6.20 Å². The van der Waals surface area contributed by atoms with Gasteiger partial charge in [0, 0.05) is 18.3 Å². The molecule has 1 rings (SSSR count). The molecule has 1 heterocycles. The Morgan fingerprint density at radius 3 is 1.95 bits per heavy atom. The molecule has 0 aliphatic heterocycles. The predicted molar refractivity (Wildman–Crippen MR) is 91.6 cm³/mol. The topological polar surface area (TPSA) is 25.8 Å². The summed E-state index contributed by atoms with van der Waals surface area (Å²) in [5, 5.41) is 0. The summed E-state index contributed by atoms with van der Waals surface area (Å²) in [7, 11) is 0. The summed E-state index contributed by atoms with van der Waals surface area (Å²) in [5.74, 6) is 0.600. The molecule has 0 amide bonds. The third-order valence-electron chi connectivity index (χ3n) is 4.45. The Hall–Kier alpha value is -0.920. The number of aryl methyl sites for hydroxylation is 1. The largest absolute Gasteiger partial charge is 0.258 e. The highest BCUT2D eigenvalue weighted by Crippen LogP contribution is 2.25. The molecular weight excluding hydrogens is 256 g/mol. The lowest BCUT2D eigenvalue weighted by atomic mass is 9.93. The lowest BCUT2D eigenvalue weighted by Crippen LogP contribution is -2.04. The predicted octanol–water partition coefficient (Wildman–Crippen LogP) is 6.20. The van der Waals surface area contributed by atoms with E-state index in [2.05, 4.69) is 30.7 Å². The van der Waals surface area contributed by atoms with Crippen LogP contribution >= 0.6 is 0 Å². The maximum atomic E-state index is 4.54. The van der Waals surface area contributed by atoms with Crippen molar-refractivity contribution in [2.24, 2.45) is 0 Å². The van der Waals surface area contributed by atoms with Crippen LogP contribution in [0.1, 0.15) is 102 Å². The number of unbranched alkanes of at least 4 members (excludes halogenated alkanes) is 8. The van der Waals surface area contributed by atoms with Crippen LogP contribution in [-0.2, 0) is 0 Å². The van der Waals surface area contributed by atoms with Crippen molar-refractivity contribution in [3.05, 3.63) is 23.8 Å². The van der Waals surface area contributed by atoms with E-state index in [0.717, 1.165) is 5.69 Å². The fourth-order valence-electron chi connectivity index (χ4n) is 3.05. The first-order valence-corrected chi connectivity index (χ1v) is 9.07. The smallest absolute Gasteiger partial charge is 0.0646 e. The van der Waals surface area contributed by atoms with E-state index in [4.69, 9.17) is 0 Å². The number of aromatic nitrogens is 2. The molecule has 1 aromatic heterocycles. The van der Waals surface area contributed by atoms with Gasteiger partial charge in [0.05, 0.1) is 11.4 Å². The second-order valence-electron chi connectivity index (χ2n) is 6.25. The molecule has 0 spiro atoms. The number of rotatable bonds is 12. The van der Waals surface area contributed by atoms with Crippen molar-refractivity contribution in [1.29, 1.82) is 0 Å². The van der Waals surface area contributed by atoms with Gasteiger partial charge in [0.15, 0.2) is 0 Å². The molecule has 21 heavy (non-hydrogen) atoms. The van der Waals surface area contributed by atoms with Crippen LogP contribution in [0.4, 0.5) is 0 Å². The quantitative estimate of drug-likeness (QED) is 0.428. The summed E-state index contributed by atoms with van der Waals surface area (Å²) in [6, 6.07) is 0. The molecule has 0 aromatic carbocycles. The summed E-state index contributed by atoms with van der Waals surface area (Å²) in [6.45, 7) is 6.64. The van der Waals surface area contributed by atoms with E-state index in [0.29, 0.717) is 5.92 Å². The maximum Gasteiger partial charge on any atom is 0.0646 e. The van der Waals surface area contributed by atoms with E-state index in [1.165, 1.54) is 76.3 Å². The minimum atomic E-state index is 0.600. The Labute approximate surface area is 131 Å². The molecule has 2 nitrogen and oxygen atoms in total. The maximum absolute atomic E-state index is 4.54. The second kappa shape index (κ2) is 11.7. The third-order valence-corrected chi connectivity index (χ3v) is 4.45. The highest BCUT2D eigenvalue weighted by molar-refractivity contribution is 5.13. The summed E-state index contributed by atoms with van der Waals surface area (Å²) in [6.07, 6.45) is 18.7. The molecule has 0 aliphatic carbocycles. The van der Waals surface area contributed by atoms with Crippen LogP contribution in [0.2, 0.25) is 0 Å². The van der Waals surface area contributed by atoms with Crippen molar-refractivity contribution in [3.8, 4) is 0 Å². The van der Waals surface area contributed by atoms with Gasteiger partial charge in [-0.15, -0.1) is 0 Å². The fraction of sp³-hybridized carbons (Fsp3) is 0.789. The molecule has 2 heteroatoms. The Kier molecular flexibility index (Phi) is 10.1. The van der Waals surface area contributed by atoms with Gasteiger partial charge in [-0.1, -0.05) is 71.6 Å². The fourth-order valence-corrected chi connectivity index (χ4v) is 3.05. The molecule has 0 bridgehead atoms. The third kappa shape index (κ3) is 7.59. The van der Waals surface area contributed by atoms with E-state index < -0.39 is 0 Å². The molecule has 0 N–H and O–H groups in total. The van der Waals surface area contributed by atoms with Crippen LogP contribution in [-0.4, -0.2) is 9.97 Å². The van der Waals surface area contributed by atoms with E-state index in [1.54, 1.807) is 6.20 Å². The minimum absolute atomic E-state index is 0.600. The summed E-state index contributed by atoms with van der Waals surface area (Å²) < 4.78 is 0. The van der Waals surface area contributed by atoms with Gasteiger partial charge >= 0.3 is 0 Å². The molecule has 0 saturated carbocycles. The SMILES string of the molecule is CCCCCCCCCCCC(CC)c1nccnc1C. The second-order valence-corrected chi connectivity index (χ2v) is 6.25. The van der Waals surface area contributed by atoms with Crippen LogP contribution in [0.3, 0.4) is 0 Å². The van der Waals surface area contributed by atoms with E-state index in [-0.39, 0.29) is 0 Å². The lowest BCUT2D eigenvalue weighted by molar-refractivity contribution is 0.511. The average Bonchev–Trinajstić information content (AvgIpc) is 2.50. The molecule has 0 fully saturated rings. The van der Waals surface area contributed by atoms with Crippen LogP contribution in [0.15, 0.2) is 12.4 Å². The molecule has 1 aromatic rings. The van der Waals surface area contributed by atoms with Gasteiger partial charge in [0.25, 0.3) is 0 Å². The summed E-state index contributed by atoms with van der Waals surface area (Å²) in [4.78, 5) is 8.92. The molecule has 0 aliphatic rings. The first-order valence-electron chi connectivity index (χ1n) is 9.07. The number of hydrogen-bond acceptors (Lipinski definition) is 2. The normalized spacial score (nSPS) is 12.5. The van der Waals surface area contributed by atoms with Crippen LogP contribution in [0, 0.1) is 6.92 Å². The zero-order valence-electron chi connectivity index (χ0n) is 14.4. The summed E-state index contributed by atoms with van der Waals surface area (Å²) >= 11 is 0. The van der Waals surface area contributed by atoms with Gasteiger partial charge in [-0.25, -0.2) is 0 Å². The van der Waals surface area contributed by atoms with Gasteiger partial charge in [-0.2, -0.15) is 0 Å². The molecule has 0 saturated heterocycles. The summed E-state index contributed by atoms with van der Waals surface area (Å²) in [5.41, 5.74) is 2.33. The zero-order valence-corrected chi connectivity index (χ0v) is 14.4. The standard InChI is InChI=1S/C19H34N2/c1-4-6-7-8-9-10-11-12-13-14-18(5-2)19-17(3)20-15-16-21-19/h15-16,18H,4-14H2,1-3H3. The Balaban J connectivity index is 2.12. The number of nitrogens with zero attached hydrogens (tertiary/aromatic N) is 2. The molecule has 0 radical (unpaired) electrons. The zero-order chi connectivity index (χ0) is 15.3. The monoisotopic (exact) mass is 290 g/mol. The van der Waals surface area contributed by atoms with Crippen molar-refractivity contribution in [2.75, 3.05) is 0 Å². The molecule has 1 unspecified atom stereocenters. The first-order chi connectivity index (χ1) is 10.3. The van der Waals surface area contributed by atoms with Crippen molar-refractivity contribution in [2.45, 2.75) is 97.3 Å². The highest BCUT2D eigenvalue weighted by atomic mass is 14.8. The van der Waals surface area contributed by atoms with Crippen molar-refractivity contribution >= 4 is 0 Å². The highest BCUT2D eigenvalue weighted by Gasteiger charge is 2.13. The Morgan fingerprint density at radius 2 is 1.38 bits per heavy atom. The van der Waals surface area contributed by atoms with Gasteiger partial charge in [-0.3, -0.25) is 9.97 Å². The van der Waals surface area contributed by atoms with Crippen LogP contribution in [0.25, 0.3) is 0 Å². The molecule has 1 atom stereocenters. The van der Waals surface area contributed by atoms with Gasteiger partial charge < -0.3 is 0 Å². The Morgan fingerprint density at radius 1 is 0.810 bits per heavy atom. The van der Waals surface area contributed by atoms with Gasteiger partial charge in [-0.05, 0) is 19.8 Å². The Bertz CT molecular complexity index is 362. The average molecular weight is 290 g/mol. The first kappa shape index (κ1) is 18.1. The van der Waals surface area contributed by atoms with Gasteiger partial charge in [0.1, 0.15) is 0 Å². The van der Waals surface area contributed by atoms with Crippen molar-refractivity contribution in [3.63, 3.8) is 0 Å². The van der Waals surface area contributed by atoms with Gasteiger partial charge in [0.2, 0.25) is 0 Å². The van der Waals surface area contributed by atoms with Crippen molar-refractivity contribution < 1.29 is 0 Å². The van der Waals surface area contributed by atoms with E-state index >= 15 is 0 Å². The lowest BCUT2D eigenvalue weighted by Gasteiger charge is -2.15. The van der Waals surface area contributed by atoms with E-state index in [9.17, 15) is 0 Å². The minimum Gasteiger partial charge on any atom is -0.258 e. The van der Waals surface area contributed by atoms with Crippen LogP contribution < -0.4 is 0 Å². The van der Waals surface area contributed by atoms with Crippen LogP contribution in [0.5, 0.6) is 0 Å². The molecular formula is C19H34N2. The molecule has 120 valence electrons. The van der Waals surface area contributed by atoms with Crippen molar-refractivity contribution in [1.82, 2.24) is 9.97 Å². The number of hydrogen-bond donors (Lipinski definition) is 0.